The molecule has 1 saturated heterocycles. The highest BCUT2D eigenvalue weighted by Crippen LogP contribution is 2.19. The maximum absolute atomic E-state index is 12.2. The average Bonchev–Trinajstić information content (AvgIpc) is 2.48. The van der Waals surface area contributed by atoms with Gasteiger partial charge in [0.1, 0.15) is 5.75 Å². The summed E-state index contributed by atoms with van der Waals surface area (Å²) in [4.78, 5) is 14.1. The van der Waals surface area contributed by atoms with Crippen LogP contribution in [0.2, 0.25) is 0 Å². The summed E-state index contributed by atoms with van der Waals surface area (Å²) in [5, 5.41) is 9.45. The molecule has 1 aromatic carbocycles. The summed E-state index contributed by atoms with van der Waals surface area (Å²) < 4.78 is 5.69. The quantitative estimate of drug-likeness (QED) is 0.920. The monoisotopic (exact) mass is 277 g/mol. The Hall–Kier alpha value is -1.55. The standard InChI is InChI=1S/C16H23NO3/c1-12(18)14-6-8-15(9-7-14)20-13(2)16(19)17-10-4-3-5-11-17/h6-9,12-13,18H,3-5,10-11H2,1-2H3/t12-,13?/m0/s1. The van der Waals surface area contributed by atoms with Crippen molar-refractivity contribution in [1.82, 2.24) is 4.90 Å². The number of piperidine rings is 1. The lowest BCUT2D eigenvalue weighted by Crippen LogP contribution is -2.43. The van der Waals surface area contributed by atoms with Crippen molar-refractivity contribution in [3.8, 4) is 5.75 Å². The zero-order chi connectivity index (χ0) is 14.5. The fraction of sp³-hybridized carbons (Fsp3) is 0.562. The summed E-state index contributed by atoms with van der Waals surface area (Å²) in [6, 6.07) is 7.22. The normalized spacial score (nSPS) is 18.4. The first kappa shape index (κ1) is 14.9. The fourth-order valence-corrected chi connectivity index (χ4v) is 2.45. The zero-order valence-electron chi connectivity index (χ0n) is 12.2. The van der Waals surface area contributed by atoms with Crippen LogP contribution in [0.25, 0.3) is 0 Å². The molecule has 1 unspecified atom stereocenters. The van der Waals surface area contributed by atoms with Gasteiger partial charge in [-0.05, 0) is 50.8 Å². The van der Waals surface area contributed by atoms with Gasteiger partial charge in [-0.2, -0.15) is 0 Å². The van der Waals surface area contributed by atoms with Crippen LogP contribution >= 0.6 is 0 Å². The molecule has 1 amide bonds. The van der Waals surface area contributed by atoms with Crippen LogP contribution in [-0.2, 0) is 4.79 Å². The van der Waals surface area contributed by atoms with Crippen molar-refractivity contribution < 1.29 is 14.6 Å². The van der Waals surface area contributed by atoms with E-state index in [9.17, 15) is 9.90 Å². The second-order valence-electron chi connectivity index (χ2n) is 5.39. The summed E-state index contributed by atoms with van der Waals surface area (Å²) in [5.41, 5.74) is 0.840. The molecule has 1 N–H and O–H groups in total. The number of ether oxygens (including phenoxy) is 1. The molecule has 4 nitrogen and oxygen atoms in total. The lowest BCUT2D eigenvalue weighted by molar-refractivity contribution is -0.138. The number of carbonyl (C=O) groups is 1. The molecule has 1 aromatic rings. The minimum atomic E-state index is -0.489. The van der Waals surface area contributed by atoms with E-state index in [1.54, 1.807) is 26.0 Å². The van der Waals surface area contributed by atoms with Crippen molar-refractivity contribution in [3.05, 3.63) is 29.8 Å². The first-order chi connectivity index (χ1) is 9.58. The Morgan fingerprint density at radius 1 is 1.15 bits per heavy atom. The maximum Gasteiger partial charge on any atom is 0.263 e. The third kappa shape index (κ3) is 3.73. The van der Waals surface area contributed by atoms with Gasteiger partial charge in [-0.25, -0.2) is 0 Å². The Morgan fingerprint density at radius 2 is 1.75 bits per heavy atom. The predicted octanol–water partition coefficient (Wildman–Crippen LogP) is 2.52. The molecule has 4 heteroatoms. The van der Waals surface area contributed by atoms with Crippen molar-refractivity contribution >= 4 is 5.91 Å². The van der Waals surface area contributed by atoms with Gasteiger partial charge in [-0.3, -0.25) is 4.79 Å². The third-order valence-electron chi connectivity index (χ3n) is 3.69. The molecule has 1 aliphatic heterocycles. The maximum atomic E-state index is 12.2. The molecule has 20 heavy (non-hydrogen) atoms. The summed E-state index contributed by atoms with van der Waals surface area (Å²) >= 11 is 0. The Labute approximate surface area is 120 Å². The average molecular weight is 277 g/mol. The van der Waals surface area contributed by atoms with Gasteiger partial charge in [0, 0.05) is 13.1 Å². The second kappa shape index (κ2) is 6.75. The number of aliphatic hydroxyl groups excluding tert-OH is 1. The van der Waals surface area contributed by atoms with Crippen LogP contribution in [0.15, 0.2) is 24.3 Å². The SMILES string of the molecule is CC(Oc1ccc([C@H](C)O)cc1)C(=O)N1CCCCC1. The second-order valence-corrected chi connectivity index (χ2v) is 5.39. The van der Waals surface area contributed by atoms with Gasteiger partial charge in [0.05, 0.1) is 6.10 Å². The Morgan fingerprint density at radius 3 is 2.30 bits per heavy atom. The van der Waals surface area contributed by atoms with Gasteiger partial charge in [0.25, 0.3) is 5.91 Å². The summed E-state index contributed by atoms with van der Waals surface area (Å²) in [6.07, 6.45) is 2.42. The minimum absolute atomic E-state index is 0.0595. The predicted molar refractivity (Wildman–Crippen MR) is 77.6 cm³/mol. The van der Waals surface area contributed by atoms with E-state index in [4.69, 9.17) is 4.74 Å². The van der Waals surface area contributed by atoms with Crippen LogP contribution < -0.4 is 4.74 Å². The number of rotatable bonds is 4. The van der Waals surface area contributed by atoms with Crippen LogP contribution in [0.3, 0.4) is 0 Å². The molecule has 0 aromatic heterocycles. The zero-order valence-corrected chi connectivity index (χ0v) is 12.2. The van der Waals surface area contributed by atoms with E-state index in [-0.39, 0.29) is 5.91 Å². The lowest BCUT2D eigenvalue weighted by Gasteiger charge is -2.29. The van der Waals surface area contributed by atoms with E-state index in [1.165, 1.54) is 6.42 Å². The largest absolute Gasteiger partial charge is 0.481 e. The van der Waals surface area contributed by atoms with Crippen LogP contribution in [0.4, 0.5) is 0 Å². The van der Waals surface area contributed by atoms with E-state index in [0.29, 0.717) is 5.75 Å². The molecule has 1 aliphatic rings. The number of likely N-dealkylation sites (tertiary alicyclic amines) is 1. The fourth-order valence-electron chi connectivity index (χ4n) is 2.45. The molecule has 110 valence electrons. The number of hydrogen-bond donors (Lipinski definition) is 1. The topological polar surface area (TPSA) is 49.8 Å². The number of nitrogens with zero attached hydrogens (tertiary/aromatic N) is 1. The highest BCUT2D eigenvalue weighted by atomic mass is 16.5. The van der Waals surface area contributed by atoms with Crippen molar-refractivity contribution in [2.24, 2.45) is 0 Å². The first-order valence-electron chi connectivity index (χ1n) is 7.31. The lowest BCUT2D eigenvalue weighted by atomic mass is 10.1. The van der Waals surface area contributed by atoms with Gasteiger partial charge in [-0.1, -0.05) is 12.1 Å². The van der Waals surface area contributed by atoms with Gasteiger partial charge in [0.15, 0.2) is 6.10 Å². The molecule has 1 fully saturated rings. The van der Waals surface area contributed by atoms with E-state index in [0.717, 1.165) is 31.5 Å². The number of hydrogen-bond acceptors (Lipinski definition) is 3. The molecule has 0 radical (unpaired) electrons. The first-order valence-corrected chi connectivity index (χ1v) is 7.31. The van der Waals surface area contributed by atoms with Crippen molar-refractivity contribution in [2.45, 2.75) is 45.3 Å². The Kier molecular flexibility index (Phi) is 5.01. The molecule has 2 atom stereocenters. The molecule has 2 rings (SSSR count). The van der Waals surface area contributed by atoms with Gasteiger partial charge >= 0.3 is 0 Å². The number of aliphatic hydroxyl groups is 1. The molecule has 0 aliphatic carbocycles. The van der Waals surface area contributed by atoms with E-state index < -0.39 is 12.2 Å². The Bertz CT molecular complexity index is 436. The number of carbonyl (C=O) groups excluding carboxylic acids is 1. The van der Waals surface area contributed by atoms with E-state index >= 15 is 0 Å². The molecule has 0 saturated carbocycles. The highest BCUT2D eigenvalue weighted by molar-refractivity contribution is 5.81. The van der Waals surface area contributed by atoms with Crippen LogP contribution in [0.5, 0.6) is 5.75 Å². The van der Waals surface area contributed by atoms with E-state index in [2.05, 4.69) is 0 Å². The van der Waals surface area contributed by atoms with Crippen LogP contribution in [0.1, 0.15) is 44.8 Å². The van der Waals surface area contributed by atoms with E-state index in [1.807, 2.05) is 17.0 Å². The molecular weight excluding hydrogens is 254 g/mol. The smallest absolute Gasteiger partial charge is 0.263 e. The number of benzene rings is 1. The molecule has 0 bridgehead atoms. The highest BCUT2D eigenvalue weighted by Gasteiger charge is 2.23. The van der Waals surface area contributed by atoms with Gasteiger partial charge in [0.2, 0.25) is 0 Å². The molecule has 1 heterocycles. The molecular formula is C16H23NO3. The summed E-state index contributed by atoms with van der Waals surface area (Å²) in [5.74, 6) is 0.719. The molecule has 0 spiro atoms. The van der Waals surface area contributed by atoms with Crippen LogP contribution in [-0.4, -0.2) is 35.1 Å². The van der Waals surface area contributed by atoms with Crippen molar-refractivity contribution in [3.63, 3.8) is 0 Å². The van der Waals surface area contributed by atoms with Gasteiger partial charge in [-0.15, -0.1) is 0 Å². The van der Waals surface area contributed by atoms with Gasteiger partial charge < -0.3 is 14.7 Å². The van der Waals surface area contributed by atoms with Crippen LogP contribution in [0, 0.1) is 0 Å². The summed E-state index contributed by atoms with van der Waals surface area (Å²) in [7, 11) is 0. The third-order valence-corrected chi connectivity index (χ3v) is 3.69. The van der Waals surface area contributed by atoms with Crippen molar-refractivity contribution in [1.29, 1.82) is 0 Å². The van der Waals surface area contributed by atoms with Crippen molar-refractivity contribution in [2.75, 3.05) is 13.1 Å². The summed E-state index contributed by atoms with van der Waals surface area (Å²) in [6.45, 7) is 5.19. The minimum Gasteiger partial charge on any atom is -0.481 e. The number of amides is 1. The Balaban J connectivity index is 1.92.